The first-order chi connectivity index (χ1) is 3.35. The molecule has 0 aliphatic rings. The summed E-state index contributed by atoms with van der Waals surface area (Å²) in [6, 6.07) is 0. The van der Waals surface area contributed by atoms with Gasteiger partial charge in [-0.3, -0.25) is 0 Å². The summed E-state index contributed by atoms with van der Waals surface area (Å²) in [7, 11) is 0. The molecule has 0 N–H and O–H groups in total. The summed E-state index contributed by atoms with van der Waals surface area (Å²) in [6.07, 6.45) is 0. The normalized spacial score (nSPS) is 4.75. The quantitative estimate of drug-likeness (QED) is 0.419. The van der Waals surface area contributed by atoms with E-state index in [4.69, 9.17) is 13.1 Å². The molecule has 0 unspecified atom stereocenters. The van der Waals surface area contributed by atoms with Gasteiger partial charge in [-0.1, -0.05) is 0 Å². The first kappa shape index (κ1) is 11.1. The molecule has 2 nitrogen and oxygen atoms in total. The summed E-state index contributed by atoms with van der Waals surface area (Å²) >= 11 is 1.61. The van der Waals surface area contributed by atoms with Gasteiger partial charge < -0.3 is 0 Å². The van der Waals surface area contributed by atoms with Crippen LogP contribution in [-0.2, 0) is 22.4 Å². The van der Waals surface area contributed by atoms with Gasteiger partial charge in [0, 0.05) is 22.4 Å². The summed E-state index contributed by atoms with van der Waals surface area (Å²) in [5.74, 6) is 0.143. The van der Waals surface area contributed by atoms with Crippen LogP contribution in [0.2, 0.25) is 0 Å². The Morgan fingerprint density at radius 2 is 1.75 bits per heavy atom. The summed E-state index contributed by atoms with van der Waals surface area (Å²) in [4.78, 5) is 5.77. The zero-order valence-electron chi connectivity index (χ0n) is 3.68. The molecule has 0 spiro atoms. The zero-order chi connectivity index (χ0) is 5.70. The monoisotopic (exact) mass is 404 g/mol. The molecule has 0 bridgehead atoms. The van der Waals surface area contributed by atoms with E-state index in [2.05, 4.69) is 9.69 Å². The Morgan fingerprint density at radius 3 is 1.75 bits per heavy atom. The second-order valence-electron chi connectivity index (χ2n) is 0.700. The van der Waals surface area contributed by atoms with Gasteiger partial charge in [-0.05, 0) is 0 Å². The van der Waals surface area contributed by atoms with Crippen LogP contribution in [0.25, 0.3) is 9.69 Å². The van der Waals surface area contributed by atoms with Crippen LogP contribution in [0.3, 0.4) is 0 Å². The van der Waals surface area contributed by atoms with E-state index in [-0.39, 0.29) is 28.2 Å². The van der Waals surface area contributed by atoms with Gasteiger partial charge in [0.05, 0.1) is 0 Å². The van der Waals surface area contributed by atoms with Crippen LogP contribution in [0.4, 0.5) is 0 Å². The molecule has 8 heavy (non-hydrogen) atoms. The van der Waals surface area contributed by atoms with Gasteiger partial charge in [-0.25, -0.2) is 0 Å². The van der Waals surface area contributed by atoms with E-state index in [1.807, 2.05) is 0 Å². The molecule has 4 heteroatoms. The van der Waals surface area contributed by atoms with Crippen molar-refractivity contribution >= 4 is 22.3 Å². The van der Waals surface area contributed by atoms with Crippen molar-refractivity contribution < 1.29 is 22.4 Å². The van der Waals surface area contributed by atoms with Crippen molar-refractivity contribution in [2.75, 3.05) is 0 Å². The molecule has 0 aliphatic heterocycles. The van der Waals surface area contributed by atoms with Crippen molar-refractivity contribution in [3.63, 3.8) is 0 Å². The van der Waals surface area contributed by atoms with Crippen LogP contribution in [0, 0.1) is 13.1 Å². The Hall–Kier alpha value is 0.250. The molecule has 0 saturated heterocycles. The van der Waals surface area contributed by atoms with Crippen LogP contribution in [-0.4, -0.2) is 22.3 Å². The molecule has 0 amide bonds. The average molecular weight is 402 g/mol. The van der Waals surface area contributed by atoms with E-state index in [1.54, 1.807) is 22.3 Å². The Morgan fingerprint density at radius 1 is 1.38 bits per heavy atom. The molecule has 0 aromatic heterocycles. The van der Waals surface area contributed by atoms with Crippen LogP contribution in [0.5, 0.6) is 0 Å². The van der Waals surface area contributed by atoms with Gasteiger partial charge in [-0.15, -0.1) is 0 Å². The first-order valence-electron chi connectivity index (χ1n) is 1.42. The third-order valence-electron chi connectivity index (χ3n) is 0.335. The molecule has 0 aromatic rings. The fraction of sp³-hybridized carbons (Fsp3) is 0. The molecular weight excluding hydrogens is 401 g/mol. The maximum absolute atomic E-state index is 6.30. The fourth-order valence-electron chi connectivity index (χ4n) is 0.0777. The van der Waals surface area contributed by atoms with Crippen molar-refractivity contribution in [2.24, 2.45) is 0 Å². The maximum atomic E-state index is 6.30. The molecular formula is C4HAuN2Te. The number of hydrogen-bond donors (Lipinski definition) is 0. The topological polar surface area (TPSA) is 8.72 Å². The van der Waals surface area contributed by atoms with Crippen LogP contribution in [0.15, 0.2) is 9.94 Å². The molecule has 0 atom stereocenters. The average Bonchev–Trinajstić information content (AvgIpc) is 1.72. The van der Waals surface area contributed by atoms with E-state index in [1.165, 1.54) is 4.12 Å². The van der Waals surface area contributed by atoms with E-state index in [0.29, 0.717) is 0 Å². The summed E-state index contributed by atoms with van der Waals surface area (Å²) in [6.45, 7) is 12.6. The summed E-state index contributed by atoms with van der Waals surface area (Å²) in [5, 5.41) is 0. The van der Waals surface area contributed by atoms with Gasteiger partial charge in [0.25, 0.3) is 0 Å². The van der Waals surface area contributed by atoms with Gasteiger partial charge in [0.2, 0.25) is 0 Å². The molecule has 0 heterocycles. The predicted octanol–water partition coefficient (Wildman–Crippen LogP) is 0.790. The molecule has 0 fully saturated rings. The fourth-order valence-corrected chi connectivity index (χ4v) is 0.379. The van der Waals surface area contributed by atoms with E-state index in [0.717, 1.165) is 0 Å². The third kappa shape index (κ3) is 4.41. The standard InChI is InChI=1S/C4HN2Te.Au/c1-5-4(3-7)6-2;/h3H;. The number of nitrogens with zero attached hydrogens (tertiary/aromatic N) is 2. The molecule has 0 rings (SSSR count). The first-order valence-corrected chi connectivity index (χ1v) is 2.76. The molecule has 0 aliphatic carbocycles. The Kier molecular flexibility index (Phi) is 10.1. The van der Waals surface area contributed by atoms with E-state index >= 15 is 0 Å². The van der Waals surface area contributed by atoms with Gasteiger partial charge >= 0.3 is 55.1 Å². The third-order valence-corrected chi connectivity index (χ3v) is 0.936. The Balaban J connectivity index is 0. The minimum atomic E-state index is 0. The molecule has 0 aromatic carbocycles. The summed E-state index contributed by atoms with van der Waals surface area (Å²) < 4.78 is 1.50. The van der Waals surface area contributed by atoms with E-state index in [9.17, 15) is 0 Å². The second kappa shape index (κ2) is 7.25. The minimum absolute atomic E-state index is 0. The van der Waals surface area contributed by atoms with Gasteiger partial charge in [-0.2, -0.15) is 0 Å². The van der Waals surface area contributed by atoms with Crippen LogP contribution in [0.1, 0.15) is 0 Å². The van der Waals surface area contributed by atoms with Crippen molar-refractivity contribution in [2.45, 2.75) is 0 Å². The number of hydrogen-bond acceptors (Lipinski definition) is 0. The SMILES string of the molecule is [Au].[C-]#[N+]C(=C[Te])[N+]#[C-]. The number of rotatable bonds is 0. The van der Waals surface area contributed by atoms with Crippen molar-refractivity contribution in [1.29, 1.82) is 0 Å². The Bertz CT molecular complexity index is 146. The molecule has 2 radical (unpaired) electrons. The van der Waals surface area contributed by atoms with Crippen molar-refractivity contribution in [3.05, 3.63) is 32.8 Å². The molecule has 44 valence electrons. The van der Waals surface area contributed by atoms with Crippen molar-refractivity contribution in [3.8, 4) is 0 Å². The van der Waals surface area contributed by atoms with Gasteiger partial charge in [0.1, 0.15) is 0 Å². The van der Waals surface area contributed by atoms with E-state index < -0.39 is 0 Å². The Labute approximate surface area is 77.0 Å². The zero-order valence-corrected chi connectivity index (χ0v) is 8.18. The van der Waals surface area contributed by atoms with Gasteiger partial charge in [0.15, 0.2) is 0 Å². The van der Waals surface area contributed by atoms with Crippen LogP contribution < -0.4 is 0 Å². The van der Waals surface area contributed by atoms with Crippen molar-refractivity contribution in [1.82, 2.24) is 0 Å². The summed E-state index contributed by atoms with van der Waals surface area (Å²) in [5.41, 5.74) is 0. The second-order valence-corrected chi connectivity index (χ2v) is 1.37. The molecule has 0 saturated carbocycles. The van der Waals surface area contributed by atoms with Crippen LogP contribution >= 0.6 is 0 Å². The predicted molar refractivity (Wildman–Crippen MR) is 27.0 cm³/mol.